The lowest BCUT2D eigenvalue weighted by atomic mass is 9.96. The first-order valence-electron chi connectivity index (χ1n) is 14.5. The Morgan fingerprint density at radius 2 is 1.80 bits per heavy atom. The van der Waals surface area contributed by atoms with Gasteiger partial charge in [-0.1, -0.05) is 60.7 Å². The number of benzene rings is 3. The number of nitrogen functional groups attached to an aromatic ring is 1. The summed E-state index contributed by atoms with van der Waals surface area (Å²) >= 11 is 1.42. The van der Waals surface area contributed by atoms with E-state index in [9.17, 15) is 24.6 Å². The van der Waals surface area contributed by atoms with Crippen molar-refractivity contribution in [2.45, 2.75) is 61.8 Å². The molecule has 0 spiro atoms. The maximum absolute atomic E-state index is 13.9. The van der Waals surface area contributed by atoms with Crippen LogP contribution in [0.4, 0.5) is 5.69 Å². The van der Waals surface area contributed by atoms with E-state index in [2.05, 4.69) is 10.6 Å². The highest BCUT2D eigenvalue weighted by atomic mass is 32.2. The molecule has 1 saturated heterocycles. The van der Waals surface area contributed by atoms with Crippen molar-refractivity contribution >= 4 is 35.2 Å². The molecule has 3 aromatic carbocycles. The lowest BCUT2D eigenvalue weighted by Gasteiger charge is -2.34. The van der Waals surface area contributed by atoms with Crippen LogP contribution in [0.3, 0.4) is 0 Å². The number of aliphatic hydroxyl groups excluding tert-OH is 2. The Hall–Kier alpha value is -4.06. The second-order valence-corrected chi connectivity index (χ2v) is 13.3. The minimum atomic E-state index is -1.64. The Kier molecular flexibility index (Phi) is 9.48. The molecule has 11 heteroatoms. The van der Waals surface area contributed by atoms with Crippen LogP contribution in [-0.4, -0.2) is 74.4 Å². The van der Waals surface area contributed by atoms with Gasteiger partial charge in [-0.15, -0.1) is 11.8 Å². The number of fused-ring (bicyclic) bond motifs is 1. The van der Waals surface area contributed by atoms with E-state index in [4.69, 9.17) is 10.5 Å². The average molecular weight is 619 g/mol. The van der Waals surface area contributed by atoms with Crippen molar-refractivity contribution in [3.63, 3.8) is 0 Å². The summed E-state index contributed by atoms with van der Waals surface area (Å²) in [4.78, 5) is 42.0. The molecule has 3 aromatic rings. The van der Waals surface area contributed by atoms with E-state index in [-0.39, 0.29) is 18.9 Å². The van der Waals surface area contributed by atoms with Gasteiger partial charge in [0.15, 0.2) is 12.7 Å². The number of aliphatic hydroxyl groups is 2. The number of thioether (sulfide) groups is 1. The fourth-order valence-electron chi connectivity index (χ4n) is 5.85. The number of rotatable bonds is 10. The van der Waals surface area contributed by atoms with Crippen molar-refractivity contribution in [3.8, 4) is 5.75 Å². The molecule has 1 heterocycles. The molecule has 2 aliphatic rings. The van der Waals surface area contributed by atoms with Crippen molar-refractivity contribution < 1.29 is 29.3 Å². The van der Waals surface area contributed by atoms with Gasteiger partial charge < -0.3 is 36.2 Å². The van der Waals surface area contributed by atoms with E-state index in [1.807, 2.05) is 68.4 Å². The summed E-state index contributed by atoms with van der Waals surface area (Å²) in [6, 6.07) is 20.9. The van der Waals surface area contributed by atoms with Gasteiger partial charge in [0, 0.05) is 22.9 Å². The van der Waals surface area contributed by atoms with Gasteiger partial charge in [0.1, 0.15) is 11.8 Å². The van der Waals surface area contributed by atoms with Crippen molar-refractivity contribution in [1.82, 2.24) is 15.5 Å². The van der Waals surface area contributed by atoms with Crippen LogP contribution in [0, 0.1) is 0 Å². The molecule has 44 heavy (non-hydrogen) atoms. The molecule has 0 aromatic heterocycles. The third-order valence-corrected chi connectivity index (χ3v) is 9.46. The molecule has 232 valence electrons. The Labute approximate surface area is 261 Å². The zero-order valence-corrected chi connectivity index (χ0v) is 25.5. The number of anilines is 1. The second-order valence-electron chi connectivity index (χ2n) is 11.7. The van der Waals surface area contributed by atoms with E-state index < -0.39 is 52.8 Å². The molecule has 0 saturated carbocycles. The quantitative estimate of drug-likeness (QED) is 0.217. The predicted octanol–water partition coefficient (Wildman–Crippen LogP) is 2.19. The summed E-state index contributed by atoms with van der Waals surface area (Å²) in [6.07, 6.45) is -1.84. The van der Waals surface area contributed by atoms with Gasteiger partial charge in [-0.05, 0) is 49.1 Å². The highest BCUT2D eigenvalue weighted by Gasteiger charge is 2.50. The van der Waals surface area contributed by atoms with Gasteiger partial charge in [0.2, 0.25) is 5.91 Å². The van der Waals surface area contributed by atoms with Crippen LogP contribution in [0.25, 0.3) is 0 Å². The number of hydrogen-bond acceptors (Lipinski definition) is 8. The molecule has 0 unspecified atom stereocenters. The number of nitrogens with zero attached hydrogens (tertiary/aromatic N) is 1. The Morgan fingerprint density at radius 1 is 1.07 bits per heavy atom. The monoisotopic (exact) mass is 618 g/mol. The molecule has 6 N–H and O–H groups in total. The highest BCUT2D eigenvalue weighted by molar-refractivity contribution is 8.00. The maximum Gasteiger partial charge on any atom is 0.258 e. The van der Waals surface area contributed by atoms with Crippen LogP contribution in [0.2, 0.25) is 0 Å². The Morgan fingerprint density at radius 3 is 2.55 bits per heavy atom. The standard InChI is InChI=1S/C33H38N4O6S/c1-33(2)30(31(41)36-28-24-14-7-6-11-21(24)16-26(28)38)37(19-44-33)32(42)29(40)25(15-20-9-4-3-5-10-20)35-27(39)18-43-23-13-8-12-22(34)17-23/h3-14,17,25-26,28-30,38,40H,15-16,18-19,34H2,1-2H3,(H,35,39)(H,36,41)/t25-,26+,28-,29-,30+/m0/s1. The Bertz CT molecular complexity index is 1500. The number of nitrogens with two attached hydrogens (primary N) is 1. The number of amides is 3. The SMILES string of the molecule is CC1(C)SCN(C(=O)[C@@H](O)[C@H](Cc2ccccc2)NC(=O)COc2cccc(N)c2)[C@@H]1C(=O)N[C@H]1c2ccccc2C[C@H]1O. The summed E-state index contributed by atoms with van der Waals surface area (Å²) in [7, 11) is 0. The van der Waals surface area contributed by atoms with Crippen LogP contribution >= 0.6 is 11.8 Å². The summed E-state index contributed by atoms with van der Waals surface area (Å²) in [5, 5.41) is 27.9. The Balaban J connectivity index is 1.32. The van der Waals surface area contributed by atoms with Gasteiger partial charge in [-0.25, -0.2) is 0 Å². The maximum atomic E-state index is 13.9. The number of hydrogen-bond donors (Lipinski definition) is 5. The lowest BCUT2D eigenvalue weighted by molar-refractivity contribution is -0.148. The van der Waals surface area contributed by atoms with Crippen molar-refractivity contribution in [1.29, 1.82) is 0 Å². The molecule has 0 bridgehead atoms. The second kappa shape index (κ2) is 13.3. The fraction of sp³-hybridized carbons (Fsp3) is 0.364. The fourth-order valence-corrected chi connectivity index (χ4v) is 6.99. The number of nitrogens with one attached hydrogen (secondary N) is 2. The van der Waals surface area contributed by atoms with Crippen LogP contribution in [-0.2, 0) is 27.2 Å². The molecule has 5 rings (SSSR count). The van der Waals surface area contributed by atoms with E-state index in [0.29, 0.717) is 17.9 Å². The number of carbonyl (C=O) groups excluding carboxylic acids is 3. The molecule has 5 atom stereocenters. The molecule has 1 fully saturated rings. The van der Waals surface area contributed by atoms with E-state index in [0.717, 1.165) is 16.7 Å². The summed E-state index contributed by atoms with van der Waals surface area (Å²) in [5.74, 6) is -1.03. The van der Waals surface area contributed by atoms with Crippen LogP contribution in [0.1, 0.15) is 36.6 Å². The topological polar surface area (TPSA) is 154 Å². The van der Waals surface area contributed by atoms with E-state index in [1.54, 1.807) is 24.3 Å². The van der Waals surface area contributed by atoms with Gasteiger partial charge in [-0.3, -0.25) is 14.4 Å². The zero-order valence-electron chi connectivity index (χ0n) is 24.7. The molecule has 10 nitrogen and oxygen atoms in total. The summed E-state index contributed by atoms with van der Waals surface area (Å²) < 4.78 is 4.89. The van der Waals surface area contributed by atoms with E-state index in [1.165, 1.54) is 16.7 Å². The smallest absolute Gasteiger partial charge is 0.258 e. The van der Waals surface area contributed by atoms with Gasteiger partial charge in [0.05, 0.1) is 24.1 Å². The minimum absolute atomic E-state index is 0.171. The molecular formula is C33H38N4O6S. The van der Waals surface area contributed by atoms with Crippen molar-refractivity contribution in [2.24, 2.45) is 0 Å². The number of carbonyl (C=O) groups is 3. The molecule has 0 radical (unpaired) electrons. The van der Waals surface area contributed by atoms with Crippen LogP contribution in [0.15, 0.2) is 78.9 Å². The molecule has 1 aliphatic carbocycles. The molecular weight excluding hydrogens is 580 g/mol. The molecule has 1 aliphatic heterocycles. The van der Waals surface area contributed by atoms with Crippen molar-refractivity contribution in [2.75, 3.05) is 18.2 Å². The highest BCUT2D eigenvalue weighted by Crippen LogP contribution is 2.41. The van der Waals surface area contributed by atoms with Crippen LogP contribution in [0.5, 0.6) is 5.75 Å². The van der Waals surface area contributed by atoms with Gasteiger partial charge in [-0.2, -0.15) is 0 Å². The first kappa shape index (κ1) is 31.4. The third kappa shape index (κ3) is 7.01. The largest absolute Gasteiger partial charge is 0.484 e. The normalized spacial score (nSPS) is 21.6. The van der Waals surface area contributed by atoms with Gasteiger partial charge in [0.25, 0.3) is 11.8 Å². The van der Waals surface area contributed by atoms with Gasteiger partial charge >= 0.3 is 0 Å². The summed E-state index contributed by atoms with van der Waals surface area (Å²) in [6.45, 7) is 3.40. The third-order valence-electron chi connectivity index (χ3n) is 8.09. The van der Waals surface area contributed by atoms with Crippen molar-refractivity contribution in [3.05, 3.63) is 95.6 Å². The van der Waals surface area contributed by atoms with Crippen LogP contribution < -0.4 is 21.1 Å². The first-order valence-corrected chi connectivity index (χ1v) is 15.5. The summed E-state index contributed by atoms with van der Waals surface area (Å²) in [5.41, 5.74) is 8.90. The first-order chi connectivity index (χ1) is 21.0. The van der Waals surface area contributed by atoms with E-state index >= 15 is 0 Å². The zero-order chi connectivity index (χ0) is 31.4. The molecule has 3 amide bonds. The predicted molar refractivity (Wildman–Crippen MR) is 169 cm³/mol. The lowest BCUT2D eigenvalue weighted by Crippen LogP contribution is -2.59. The number of ether oxygens (including phenoxy) is 1. The minimum Gasteiger partial charge on any atom is -0.484 e. The average Bonchev–Trinajstić information content (AvgIpc) is 3.50.